The van der Waals surface area contributed by atoms with Crippen LogP contribution in [0.15, 0.2) is 54.7 Å². The number of ether oxygens (including phenoxy) is 1. The Kier molecular flexibility index (Phi) is 8.93. The molecule has 0 radical (unpaired) electrons. The number of primary amides is 1. The molecule has 3 heterocycles. The first-order chi connectivity index (χ1) is 18.3. The number of carbonyl (C=O) groups excluding carboxylic acids is 4. The Morgan fingerprint density at radius 3 is 2.58 bits per heavy atom. The zero-order chi connectivity index (χ0) is 27.1. The highest BCUT2D eigenvalue weighted by molar-refractivity contribution is 5.90. The summed E-state index contributed by atoms with van der Waals surface area (Å²) in [6, 6.07) is 13.6. The third-order valence-electron chi connectivity index (χ3n) is 7.21. The van der Waals surface area contributed by atoms with Crippen molar-refractivity contribution in [3.05, 3.63) is 66.0 Å². The standard InChI is InChI=1S/C28H35N5O5/c1-19-17-32(28(37)38-18-20-7-3-2-4-8-20)16-14-21-10-12-24(33(21)27(19)36)26(35)31-23(11-13-25(29)34)22-9-5-6-15-30-22/h2-9,15,19,21,23-24H,10-14,16-18H2,1H3,(H2,29,34)(H,31,35)/t19-,21+,23-,24-/m0/s1. The van der Waals surface area contributed by atoms with E-state index < -0.39 is 30.0 Å². The van der Waals surface area contributed by atoms with E-state index in [2.05, 4.69) is 10.3 Å². The van der Waals surface area contributed by atoms with Gasteiger partial charge in [-0.3, -0.25) is 19.4 Å². The van der Waals surface area contributed by atoms with Gasteiger partial charge >= 0.3 is 6.09 Å². The first-order valence-electron chi connectivity index (χ1n) is 13.1. The van der Waals surface area contributed by atoms with Gasteiger partial charge in [0.1, 0.15) is 12.6 Å². The van der Waals surface area contributed by atoms with Gasteiger partial charge in [-0.2, -0.15) is 0 Å². The summed E-state index contributed by atoms with van der Waals surface area (Å²) in [6.45, 7) is 2.61. The molecular formula is C28H35N5O5. The lowest BCUT2D eigenvalue weighted by Gasteiger charge is -2.37. The lowest BCUT2D eigenvalue weighted by molar-refractivity contribution is -0.145. The smallest absolute Gasteiger partial charge is 0.410 e. The second kappa shape index (κ2) is 12.5. The van der Waals surface area contributed by atoms with Crippen molar-refractivity contribution in [3.8, 4) is 0 Å². The van der Waals surface area contributed by atoms with Crippen LogP contribution >= 0.6 is 0 Å². The van der Waals surface area contributed by atoms with Crippen LogP contribution in [0, 0.1) is 5.92 Å². The van der Waals surface area contributed by atoms with Gasteiger partial charge < -0.3 is 25.6 Å². The molecule has 0 saturated carbocycles. The molecule has 10 nitrogen and oxygen atoms in total. The van der Waals surface area contributed by atoms with Gasteiger partial charge in [-0.15, -0.1) is 0 Å². The van der Waals surface area contributed by atoms with Crippen LogP contribution in [0.5, 0.6) is 0 Å². The fourth-order valence-electron chi connectivity index (χ4n) is 5.22. The number of benzene rings is 1. The number of amides is 4. The number of hydrogen-bond donors (Lipinski definition) is 2. The van der Waals surface area contributed by atoms with Crippen LogP contribution < -0.4 is 11.1 Å². The minimum absolute atomic E-state index is 0.102. The molecule has 4 rings (SSSR count). The van der Waals surface area contributed by atoms with E-state index in [0.717, 1.165) is 5.56 Å². The third-order valence-corrected chi connectivity index (χ3v) is 7.21. The number of nitrogens with one attached hydrogen (secondary N) is 1. The fourth-order valence-corrected chi connectivity index (χ4v) is 5.22. The molecule has 2 aromatic rings. The molecule has 2 aliphatic rings. The summed E-state index contributed by atoms with van der Waals surface area (Å²) in [5.74, 6) is -1.37. The largest absolute Gasteiger partial charge is 0.445 e. The average molecular weight is 522 g/mol. The number of aromatic nitrogens is 1. The zero-order valence-corrected chi connectivity index (χ0v) is 21.6. The second-order valence-electron chi connectivity index (χ2n) is 9.99. The lowest BCUT2D eigenvalue weighted by Crippen LogP contribution is -2.54. The molecule has 1 aromatic heterocycles. The van der Waals surface area contributed by atoms with Gasteiger partial charge in [0, 0.05) is 31.7 Å². The van der Waals surface area contributed by atoms with Crippen LogP contribution in [-0.4, -0.2) is 63.8 Å². The van der Waals surface area contributed by atoms with Gasteiger partial charge in [-0.25, -0.2) is 4.79 Å². The lowest BCUT2D eigenvalue weighted by atomic mass is 10.0. The first kappa shape index (κ1) is 27.1. The van der Waals surface area contributed by atoms with E-state index in [-0.39, 0.29) is 37.4 Å². The highest BCUT2D eigenvalue weighted by atomic mass is 16.6. The van der Waals surface area contributed by atoms with E-state index in [1.54, 1.807) is 35.1 Å². The van der Waals surface area contributed by atoms with Crippen molar-refractivity contribution in [1.29, 1.82) is 0 Å². The Morgan fingerprint density at radius 2 is 1.87 bits per heavy atom. The Hall–Kier alpha value is -3.95. The van der Waals surface area contributed by atoms with Gasteiger partial charge in [0.15, 0.2) is 0 Å². The molecule has 10 heteroatoms. The van der Waals surface area contributed by atoms with E-state index in [4.69, 9.17) is 10.5 Å². The summed E-state index contributed by atoms with van der Waals surface area (Å²) < 4.78 is 5.50. The topological polar surface area (TPSA) is 135 Å². The Morgan fingerprint density at radius 1 is 1.11 bits per heavy atom. The maximum absolute atomic E-state index is 13.5. The molecule has 202 valence electrons. The summed E-state index contributed by atoms with van der Waals surface area (Å²) in [4.78, 5) is 58.8. The number of pyridine rings is 1. The molecule has 2 fully saturated rings. The molecule has 4 atom stereocenters. The SMILES string of the molecule is C[C@H]1CN(C(=O)OCc2ccccc2)CC[C@H]2CC[C@@H](C(=O)N[C@@H](CCC(N)=O)c3ccccn3)N2C1=O. The quantitative estimate of drug-likeness (QED) is 0.548. The van der Waals surface area contributed by atoms with Crippen LogP contribution in [0.25, 0.3) is 0 Å². The molecule has 2 saturated heterocycles. The average Bonchev–Trinajstić information content (AvgIpc) is 3.35. The molecule has 3 N–H and O–H groups in total. The van der Waals surface area contributed by atoms with Crippen LogP contribution in [0.4, 0.5) is 4.79 Å². The maximum atomic E-state index is 13.5. The van der Waals surface area contributed by atoms with Crippen molar-refractivity contribution in [3.63, 3.8) is 0 Å². The Balaban J connectivity index is 1.40. The van der Waals surface area contributed by atoms with Crippen LogP contribution in [0.2, 0.25) is 0 Å². The van der Waals surface area contributed by atoms with E-state index in [9.17, 15) is 19.2 Å². The maximum Gasteiger partial charge on any atom is 0.410 e. The molecule has 0 spiro atoms. The highest BCUT2D eigenvalue weighted by Crippen LogP contribution is 2.31. The second-order valence-corrected chi connectivity index (χ2v) is 9.99. The molecule has 2 aliphatic heterocycles. The van der Waals surface area contributed by atoms with E-state index in [0.29, 0.717) is 37.9 Å². The highest BCUT2D eigenvalue weighted by Gasteiger charge is 2.44. The summed E-state index contributed by atoms with van der Waals surface area (Å²) in [5, 5.41) is 3.01. The van der Waals surface area contributed by atoms with Crippen molar-refractivity contribution in [2.75, 3.05) is 13.1 Å². The van der Waals surface area contributed by atoms with E-state index in [1.165, 1.54) is 0 Å². The number of rotatable bonds is 8. The number of fused-ring (bicyclic) bond motifs is 1. The van der Waals surface area contributed by atoms with Gasteiger partial charge in [-0.1, -0.05) is 43.3 Å². The van der Waals surface area contributed by atoms with Crippen molar-refractivity contribution in [2.24, 2.45) is 11.7 Å². The molecular weight excluding hydrogens is 486 g/mol. The van der Waals surface area contributed by atoms with Crippen LogP contribution in [0.3, 0.4) is 0 Å². The predicted octanol–water partition coefficient (Wildman–Crippen LogP) is 2.54. The molecule has 0 bridgehead atoms. The van der Waals surface area contributed by atoms with Crippen molar-refractivity contribution in [2.45, 2.75) is 63.8 Å². The Bertz CT molecular complexity index is 1130. The van der Waals surface area contributed by atoms with Gasteiger partial charge in [0.2, 0.25) is 17.7 Å². The molecule has 38 heavy (non-hydrogen) atoms. The van der Waals surface area contributed by atoms with E-state index >= 15 is 0 Å². The molecule has 4 amide bonds. The number of hydrogen-bond acceptors (Lipinski definition) is 6. The summed E-state index contributed by atoms with van der Waals surface area (Å²) >= 11 is 0. The number of nitrogens with zero attached hydrogens (tertiary/aromatic N) is 3. The van der Waals surface area contributed by atoms with Crippen molar-refractivity contribution < 1.29 is 23.9 Å². The van der Waals surface area contributed by atoms with E-state index in [1.807, 2.05) is 36.4 Å². The molecule has 1 aromatic carbocycles. The Labute approximate surface area is 222 Å². The molecule has 0 unspecified atom stereocenters. The number of nitrogens with two attached hydrogens (primary N) is 1. The van der Waals surface area contributed by atoms with Gasteiger partial charge in [-0.05, 0) is 43.4 Å². The first-order valence-corrected chi connectivity index (χ1v) is 13.1. The minimum atomic E-state index is -0.619. The fraction of sp³-hybridized carbons (Fsp3) is 0.464. The summed E-state index contributed by atoms with van der Waals surface area (Å²) in [7, 11) is 0. The predicted molar refractivity (Wildman–Crippen MR) is 139 cm³/mol. The number of carbonyl (C=O) groups is 4. The minimum Gasteiger partial charge on any atom is -0.445 e. The summed E-state index contributed by atoms with van der Waals surface area (Å²) in [6.07, 6.45) is 3.36. The van der Waals surface area contributed by atoms with Crippen molar-refractivity contribution in [1.82, 2.24) is 20.1 Å². The van der Waals surface area contributed by atoms with Gasteiger partial charge in [0.05, 0.1) is 17.7 Å². The van der Waals surface area contributed by atoms with Gasteiger partial charge in [0.25, 0.3) is 0 Å². The van der Waals surface area contributed by atoms with Crippen LogP contribution in [0.1, 0.15) is 56.3 Å². The summed E-state index contributed by atoms with van der Waals surface area (Å²) in [5.41, 5.74) is 6.87. The zero-order valence-electron chi connectivity index (χ0n) is 21.6. The monoisotopic (exact) mass is 521 g/mol. The van der Waals surface area contributed by atoms with Crippen LogP contribution in [-0.2, 0) is 25.7 Å². The van der Waals surface area contributed by atoms with Crippen molar-refractivity contribution >= 4 is 23.8 Å². The third kappa shape index (κ3) is 6.67. The molecule has 0 aliphatic carbocycles. The normalized spacial score (nSPS) is 22.1.